The number of hydrogen-bond acceptors (Lipinski definition) is 3. The van der Waals surface area contributed by atoms with Gasteiger partial charge in [0.2, 0.25) is 10.0 Å². The molecule has 0 unspecified atom stereocenters. The van der Waals surface area contributed by atoms with Gasteiger partial charge in [-0.3, -0.25) is 0 Å². The van der Waals surface area contributed by atoms with Crippen LogP contribution >= 0.6 is 0 Å². The number of benzene rings is 1. The highest BCUT2D eigenvalue weighted by molar-refractivity contribution is 7.89. The van der Waals surface area contributed by atoms with Gasteiger partial charge in [-0.1, -0.05) is 13.8 Å². The molecule has 0 amide bonds. The number of nitrogens with one attached hydrogen (secondary N) is 1. The normalized spacial score (nSPS) is 12.7. The third-order valence-corrected chi connectivity index (χ3v) is 4.24. The second kappa shape index (κ2) is 5.98. The van der Waals surface area contributed by atoms with Crippen LogP contribution in [0.25, 0.3) is 0 Å². The van der Waals surface area contributed by atoms with Crippen molar-refractivity contribution in [1.29, 1.82) is 0 Å². The standard InChI is InChI=1S/C13H20FNO3S/c1-10-6-11(14)8-12(7-10)19(17,18)15-9-13(2,3)4-5-16/h6-8,15-16H,4-5,9H2,1-3H3. The highest BCUT2D eigenvalue weighted by atomic mass is 32.2. The quantitative estimate of drug-likeness (QED) is 0.839. The van der Waals surface area contributed by atoms with E-state index in [4.69, 9.17) is 5.11 Å². The number of hydrogen-bond donors (Lipinski definition) is 2. The lowest BCUT2D eigenvalue weighted by molar-refractivity contribution is 0.213. The zero-order valence-electron chi connectivity index (χ0n) is 11.4. The molecule has 0 aliphatic heterocycles. The van der Waals surface area contributed by atoms with E-state index >= 15 is 0 Å². The van der Waals surface area contributed by atoms with E-state index in [9.17, 15) is 12.8 Å². The minimum Gasteiger partial charge on any atom is -0.396 e. The van der Waals surface area contributed by atoms with E-state index in [0.29, 0.717) is 12.0 Å². The molecule has 0 bridgehead atoms. The minimum absolute atomic E-state index is 0.00615. The molecule has 0 fully saturated rings. The molecule has 108 valence electrons. The van der Waals surface area contributed by atoms with Gasteiger partial charge in [0.05, 0.1) is 4.90 Å². The first-order valence-corrected chi connectivity index (χ1v) is 7.52. The maximum Gasteiger partial charge on any atom is 0.240 e. The first-order valence-electron chi connectivity index (χ1n) is 6.04. The Kier molecular flexibility index (Phi) is 5.06. The highest BCUT2D eigenvalue weighted by Crippen LogP contribution is 2.20. The second-order valence-electron chi connectivity index (χ2n) is 5.43. The Hall–Kier alpha value is -0.980. The maximum atomic E-state index is 13.2. The van der Waals surface area contributed by atoms with Crippen LogP contribution in [0.5, 0.6) is 0 Å². The summed E-state index contributed by atoms with van der Waals surface area (Å²) < 4.78 is 39.8. The SMILES string of the molecule is Cc1cc(F)cc(S(=O)(=O)NCC(C)(C)CCO)c1. The average Bonchev–Trinajstić information content (AvgIpc) is 2.25. The smallest absolute Gasteiger partial charge is 0.240 e. The molecule has 0 spiro atoms. The van der Waals surface area contributed by atoms with Gasteiger partial charge in [0.1, 0.15) is 5.82 Å². The summed E-state index contributed by atoms with van der Waals surface area (Å²) in [5.41, 5.74) is 0.194. The predicted octanol–water partition coefficient (Wildman–Crippen LogP) is 1.82. The molecular formula is C13H20FNO3S. The molecule has 0 saturated heterocycles. The maximum absolute atomic E-state index is 13.2. The Bertz CT molecular complexity index is 521. The Morgan fingerprint density at radius 2 is 1.95 bits per heavy atom. The first-order chi connectivity index (χ1) is 8.66. The monoisotopic (exact) mass is 289 g/mol. The van der Waals surface area contributed by atoms with E-state index in [0.717, 1.165) is 6.07 Å². The van der Waals surface area contributed by atoms with Gasteiger partial charge in [-0.15, -0.1) is 0 Å². The lowest BCUT2D eigenvalue weighted by atomic mass is 9.90. The average molecular weight is 289 g/mol. The molecule has 0 aromatic heterocycles. The van der Waals surface area contributed by atoms with Crippen molar-refractivity contribution in [2.45, 2.75) is 32.1 Å². The van der Waals surface area contributed by atoms with Gasteiger partial charge in [0.15, 0.2) is 0 Å². The van der Waals surface area contributed by atoms with Gasteiger partial charge in [-0.05, 0) is 42.5 Å². The van der Waals surface area contributed by atoms with Gasteiger partial charge in [0.25, 0.3) is 0 Å². The summed E-state index contributed by atoms with van der Waals surface area (Å²) in [4.78, 5) is -0.0789. The van der Waals surface area contributed by atoms with Crippen molar-refractivity contribution >= 4 is 10.0 Å². The van der Waals surface area contributed by atoms with Crippen molar-refractivity contribution in [1.82, 2.24) is 4.72 Å². The van der Waals surface area contributed by atoms with Gasteiger partial charge in [-0.25, -0.2) is 17.5 Å². The topological polar surface area (TPSA) is 66.4 Å². The van der Waals surface area contributed by atoms with E-state index in [-0.39, 0.29) is 23.5 Å². The molecule has 1 rings (SSSR count). The van der Waals surface area contributed by atoms with Gasteiger partial charge >= 0.3 is 0 Å². The van der Waals surface area contributed by atoms with Crippen LogP contribution in [0.3, 0.4) is 0 Å². The Morgan fingerprint density at radius 3 is 2.47 bits per heavy atom. The first kappa shape index (κ1) is 16.1. The van der Waals surface area contributed by atoms with E-state index in [1.807, 2.05) is 13.8 Å². The molecular weight excluding hydrogens is 269 g/mol. The Labute approximate surface area is 113 Å². The number of aliphatic hydroxyl groups is 1. The fraction of sp³-hybridized carbons (Fsp3) is 0.538. The minimum atomic E-state index is -3.73. The van der Waals surface area contributed by atoms with Crippen LogP contribution in [0.2, 0.25) is 0 Å². The summed E-state index contributed by atoms with van der Waals surface area (Å²) in [6.07, 6.45) is 0.484. The molecule has 2 N–H and O–H groups in total. The number of aryl methyl sites for hydroxylation is 1. The van der Waals surface area contributed by atoms with Gasteiger partial charge < -0.3 is 5.11 Å². The van der Waals surface area contributed by atoms with Crippen molar-refractivity contribution < 1.29 is 17.9 Å². The van der Waals surface area contributed by atoms with Crippen molar-refractivity contribution in [2.75, 3.05) is 13.2 Å². The summed E-state index contributed by atoms with van der Waals surface area (Å²) in [7, 11) is -3.73. The molecule has 4 nitrogen and oxygen atoms in total. The van der Waals surface area contributed by atoms with Crippen LogP contribution in [0, 0.1) is 18.2 Å². The van der Waals surface area contributed by atoms with E-state index in [2.05, 4.69) is 4.72 Å². The van der Waals surface area contributed by atoms with E-state index < -0.39 is 15.8 Å². The summed E-state index contributed by atoms with van der Waals surface area (Å²) in [6, 6.07) is 3.69. The molecule has 0 heterocycles. The summed E-state index contributed by atoms with van der Waals surface area (Å²) in [6.45, 7) is 5.52. The van der Waals surface area contributed by atoms with Gasteiger partial charge in [0, 0.05) is 13.2 Å². The molecule has 0 atom stereocenters. The highest BCUT2D eigenvalue weighted by Gasteiger charge is 2.22. The summed E-state index contributed by atoms with van der Waals surface area (Å²) in [5, 5.41) is 8.89. The molecule has 6 heteroatoms. The van der Waals surface area contributed by atoms with Crippen LogP contribution in [-0.2, 0) is 10.0 Å². The number of sulfonamides is 1. The Balaban J connectivity index is 2.87. The fourth-order valence-corrected chi connectivity index (χ4v) is 2.98. The van der Waals surface area contributed by atoms with Crippen LogP contribution in [0.4, 0.5) is 4.39 Å². The number of rotatable bonds is 6. The van der Waals surface area contributed by atoms with Gasteiger partial charge in [-0.2, -0.15) is 0 Å². The van der Waals surface area contributed by atoms with Crippen molar-refractivity contribution in [3.63, 3.8) is 0 Å². The van der Waals surface area contributed by atoms with Crippen LogP contribution < -0.4 is 4.72 Å². The largest absolute Gasteiger partial charge is 0.396 e. The zero-order valence-corrected chi connectivity index (χ0v) is 12.2. The van der Waals surface area contributed by atoms with Crippen LogP contribution in [0.1, 0.15) is 25.8 Å². The van der Waals surface area contributed by atoms with Crippen molar-refractivity contribution in [2.24, 2.45) is 5.41 Å². The number of halogens is 1. The zero-order chi connectivity index (χ0) is 14.7. The van der Waals surface area contributed by atoms with Crippen LogP contribution in [0.15, 0.2) is 23.1 Å². The third-order valence-electron chi connectivity index (χ3n) is 2.86. The van der Waals surface area contributed by atoms with Crippen LogP contribution in [-0.4, -0.2) is 26.7 Å². The molecule has 1 aromatic rings. The third kappa shape index (κ3) is 4.89. The molecule has 0 saturated carbocycles. The fourth-order valence-electron chi connectivity index (χ4n) is 1.62. The van der Waals surface area contributed by atoms with Crippen molar-refractivity contribution in [3.05, 3.63) is 29.6 Å². The Morgan fingerprint density at radius 1 is 1.32 bits per heavy atom. The molecule has 19 heavy (non-hydrogen) atoms. The molecule has 0 aliphatic carbocycles. The van der Waals surface area contributed by atoms with Crippen molar-refractivity contribution in [3.8, 4) is 0 Å². The summed E-state index contributed by atoms with van der Waals surface area (Å²) >= 11 is 0. The summed E-state index contributed by atoms with van der Waals surface area (Å²) in [5.74, 6) is -0.574. The molecule has 0 aliphatic rings. The van der Waals surface area contributed by atoms with E-state index in [1.165, 1.54) is 12.1 Å². The van der Waals surface area contributed by atoms with E-state index in [1.54, 1.807) is 6.92 Å². The molecule has 1 aromatic carbocycles. The lowest BCUT2D eigenvalue weighted by Gasteiger charge is -2.23. The molecule has 0 radical (unpaired) electrons. The predicted molar refractivity (Wildman–Crippen MR) is 71.8 cm³/mol. The number of aliphatic hydroxyl groups excluding tert-OH is 1. The second-order valence-corrected chi connectivity index (χ2v) is 7.19. The lowest BCUT2D eigenvalue weighted by Crippen LogP contribution is -2.34.